The molecule has 0 radical (unpaired) electrons. The van der Waals surface area contributed by atoms with Crippen molar-refractivity contribution >= 4 is 29.2 Å². The van der Waals surface area contributed by atoms with E-state index in [2.05, 4.69) is 5.32 Å². The van der Waals surface area contributed by atoms with Crippen LogP contribution in [0.4, 0.5) is 15.8 Å². The summed E-state index contributed by atoms with van der Waals surface area (Å²) in [6.07, 6.45) is 0.0711. The molecule has 144 valence electrons. The lowest BCUT2D eigenvalue weighted by atomic mass is 10.2. The normalized spacial score (nSPS) is 9.89. The molecule has 0 bridgehead atoms. The van der Waals surface area contributed by atoms with Gasteiger partial charge in [0.2, 0.25) is 5.91 Å². The van der Waals surface area contributed by atoms with Crippen molar-refractivity contribution in [2.24, 2.45) is 0 Å². The minimum absolute atomic E-state index is 0.0711. The van der Waals surface area contributed by atoms with Crippen LogP contribution in [-0.2, 0) is 14.3 Å². The van der Waals surface area contributed by atoms with Gasteiger partial charge in [-0.05, 0) is 48.5 Å². The molecule has 2 aromatic carbocycles. The second-order valence-corrected chi connectivity index (χ2v) is 5.76. The van der Waals surface area contributed by atoms with Crippen molar-refractivity contribution in [2.45, 2.75) is 13.3 Å². The lowest BCUT2D eigenvalue weighted by molar-refractivity contribution is -0.121. The van der Waals surface area contributed by atoms with Gasteiger partial charge in [-0.15, -0.1) is 0 Å². The van der Waals surface area contributed by atoms with Gasteiger partial charge in [0.1, 0.15) is 5.82 Å². The van der Waals surface area contributed by atoms with E-state index in [0.29, 0.717) is 11.4 Å². The zero-order valence-electron chi connectivity index (χ0n) is 15.1. The van der Waals surface area contributed by atoms with Gasteiger partial charge in [0.25, 0.3) is 5.91 Å². The molecule has 0 heterocycles. The summed E-state index contributed by atoms with van der Waals surface area (Å²) in [6.45, 7) is 0.923. The zero-order chi connectivity index (χ0) is 20.5. The van der Waals surface area contributed by atoms with Crippen molar-refractivity contribution in [2.75, 3.05) is 23.4 Å². The molecule has 0 unspecified atom stereocenters. The molecule has 0 aliphatic heterocycles. The Labute approximate surface area is 161 Å². The summed E-state index contributed by atoms with van der Waals surface area (Å²) in [5.41, 5.74) is 1.14. The third-order valence-electron chi connectivity index (χ3n) is 3.65. The number of amides is 2. The Balaban J connectivity index is 2.00. The van der Waals surface area contributed by atoms with Crippen LogP contribution in [0.25, 0.3) is 0 Å². The molecule has 0 fully saturated rings. The van der Waals surface area contributed by atoms with Crippen molar-refractivity contribution in [1.29, 1.82) is 5.26 Å². The summed E-state index contributed by atoms with van der Waals surface area (Å²) in [5.74, 6) is -1.93. The quantitative estimate of drug-likeness (QED) is 0.741. The second kappa shape index (κ2) is 9.83. The predicted molar refractivity (Wildman–Crippen MR) is 100 cm³/mol. The standard InChI is InChI=1S/C20H18FN3O4/c1-14(25)23-17-7-3-15(4-8-17)20(27)28-13-19(26)24(12-2-11-22)18-9-5-16(21)6-10-18/h3-10H,2,12-13H2,1H3,(H,23,25). The molecule has 7 nitrogen and oxygen atoms in total. The zero-order valence-corrected chi connectivity index (χ0v) is 15.1. The number of rotatable bonds is 7. The van der Waals surface area contributed by atoms with Crippen LogP contribution in [0.2, 0.25) is 0 Å². The molecule has 1 N–H and O–H groups in total. The topological polar surface area (TPSA) is 99.5 Å². The van der Waals surface area contributed by atoms with Crippen LogP contribution in [0.5, 0.6) is 0 Å². The molecule has 28 heavy (non-hydrogen) atoms. The van der Waals surface area contributed by atoms with Crippen LogP contribution in [-0.4, -0.2) is 30.9 Å². The Morgan fingerprint density at radius 3 is 2.32 bits per heavy atom. The fourth-order valence-electron chi connectivity index (χ4n) is 2.36. The molecule has 0 aromatic heterocycles. The molecule has 0 aliphatic rings. The molecule has 2 rings (SSSR count). The number of halogens is 1. The van der Waals surface area contributed by atoms with E-state index >= 15 is 0 Å². The first-order valence-electron chi connectivity index (χ1n) is 8.38. The number of carbonyl (C=O) groups is 3. The van der Waals surface area contributed by atoms with E-state index in [9.17, 15) is 18.8 Å². The van der Waals surface area contributed by atoms with Crippen LogP contribution in [0, 0.1) is 17.1 Å². The van der Waals surface area contributed by atoms with Crippen molar-refractivity contribution < 1.29 is 23.5 Å². The smallest absolute Gasteiger partial charge is 0.338 e. The number of esters is 1. The van der Waals surface area contributed by atoms with E-state index in [1.165, 1.54) is 60.4 Å². The van der Waals surface area contributed by atoms with E-state index in [0.717, 1.165) is 0 Å². The molecule has 8 heteroatoms. The van der Waals surface area contributed by atoms with Crippen molar-refractivity contribution in [3.63, 3.8) is 0 Å². The Hall–Kier alpha value is -3.73. The lowest BCUT2D eigenvalue weighted by Gasteiger charge is -2.21. The summed E-state index contributed by atoms with van der Waals surface area (Å²) in [6, 6.07) is 13.2. The Bertz CT molecular complexity index is 889. The van der Waals surface area contributed by atoms with Crippen LogP contribution in [0.3, 0.4) is 0 Å². The van der Waals surface area contributed by atoms with Crippen LogP contribution >= 0.6 is 0 Å². The van der Waals surface area contributed by atoms with E-state index in [1.54, 1.807) is 0 Å². The Kier molecular flexibility index (Phi) is 7.22. The average Bonchev–Trinajstić information content (AvgIpc) is 2.67. The highest BCUT2D eigenvalue weighted by Gasteiger charge is 2.18. The molecule has 0 saturated carbocycles. The van der Waals surface area contributed by atoms with Gasteiger partial charge in [-0.25, -0.2) is 9.18 Å². The molecule has 2 amide bonds. The van der Waals surface area contributed by atoms with Gasteiger partial charge >= 0.3 is 5.97 Å². The first-order chi connectivity index (χ1) is 13.4. The molecule has 0 saturated heterocycles. The SMILES string of the molecule is CC(=O)Nc1ccc(C(=O)OCC(=O)N(CCC#N)c2ccc(F)cc2)cc1. The molecular formula is C20H18FN3O4. The van der Waals surface area contributed by atoms with Gasteiger partial charge in [-0.1, -0.05) is 0 Å². The summed E-state index contributed by atoms with van der Waals surface area (Å²) < 4.78 is 18.1. The van der Waals surface area contributed by atoms with Crippen molar-refractivity contribution in [3.05, 3.63) is 59.9 Å². The number of anilines is 2. The van der Waals surface area contributed by atoms with Gasteiger partial charge in [-0.2, -0.15) is 5.26 Å². The maximum atomic E-state index is 13.1. The maximum absolute atomic E-state index is 13.1. The van der Waals surface area contributed by atoms with Crippen LogP contribution in [0.15, 0.2) is 48.5 Å². The molecular weight excluding hydrogens is 365 g/mol. The minimum atomic E-state index is -0.706. The highest BCUT2D eigenvalue weighted by molar-refractivity contribution is 5.97. The average molecular weight is 383 g/mol. The second-order valence-electron chi connectivity index (χ2n) is 5.76. The number of carbonyl (C=O) groups excluding carboxylic acids is 3. The largest absolute Gasteiger partial charge is 0.452 e. The Morgan fingerprint density at radius 1 is 1.11 bits per heavy atom. The fraction of sp³-hybridized carbons (Fsp3) is 0.200. The number of hydrogen-bond acceptors (Lipinski definition) is 5. The maximum Gasteiger partial charge on any atom is 0.338 e. The van der Waals surface area contributed by atoms with Gasteiger partial charge in [0, 0.05) is 24.8 Å². The van der Waals surface area contributed by atoms with Crippen molar-refractivity contribution in [3.8, 4) is 6.07 Å². The van der Waals surface area contributed by atoms with E-state index in [4.69, 9.17) is 10.00 Å². The number of nitrogens with one attached hydrogen (secondary N) is 1. The van der Waals surface area contributed by atoms with Gasteiger partial charge in [-0.3, -0.25) is 9.59 Å². The van der Waals surface area contributed by atoms with E-state index < -0.39 is 24.3 Å². The van der Waals surface area contributed by atoms with Crippen molar-refractivity contribution in [1.82, 2.24) is 0 Å². The monoisotopic (exact) mass is 383 g/mol. The minimum Gasteiger partial charge on any atom is -0.452 e. The summed E-state index contributed by atoms with van der Waals surface area (Å²) in [5, 5.41) is 11.3. The molecule has 0 spiro atoms. The number of nitrogens with zero attached hydrogens (tertiary/aromatic N) is 2. The van der Waals surface area contributed by atoms with Crippen LogP contribution < -0.4 is 10.2 Å². The number of hydrogen-bond donors (Lipinski definition) is 1. The van der Waals surface area contributed by atoms with Gasteiger partial charge in [0.15, 0.2) is 6.61 Å². The molecule has 0 aliphatic carbocycles. The first-order valence-corrected chi connectivity index (χ1v) is 8.38. The van der Waals surface area contributed by atoms with Crippen LogP contribution in [0.1, 0.15) is 23.7 Å². The Morgan fingerprint density at radius 2 is 1.75 bits per heavy atom. The third-order valence-corrected chi connectivity index (χ3v) is 3.65. The molecule has 2 aromatic rings. The lowest BCUT2D eigenvalue weighted by Crippen LogP contribution is -2.35. The summed E-state index contributed by atoms with van der Waals surface area (Å²) in [7, 11) is 0. The van der Waals surface area contributed by atoms with E-state index in [1.807, 2.05) is 6.07 Å². The number of ether oxygens (including phenoxy) is 1. The highest BCUT2D eigenvalue weighted by Crippen LogP contribution is 2.16. The predicted octanol–water partition coefficient (Wildman–Crippen LogP) is 2.89. The number of nitriles is 1. The molecule has 0 atom stereocenters. The first kappa shape index (κ1) is 20.6. The fourth-order valence-corrected chi connectivity index (χ4v) is 2.36. The van der Waals surface area contributed by atoms with Gasteiger partial charge < -0.3 is 15.0 Å². The third kappa shape index (κ3) is 5.92. The summed E-state index contributed by atoms with van der Waals surface area (Å²) >= 11 is 0. The summed E-state index contributed by atoms with van der Waals surface area (Å²) in [4.78, 5) is 36.8. The van der Waals surface area contributed by atoms with Gasteiger partial charge in [0.05, 0.1) is 18.1 Å². The number of benzene rings is 2. The highest BCUT2D eigenvalue weighted by atomic mass is 19.1. The van der Waals surface area contributed by atoms with E-state index in [-0.39, 0.29) is 24.4 Å².